The number of nitrogens with one attached hydrogen (secondary N) is 1. The number of nitrogens with two attached hydrogens (primary N) is 1. The average molecular weight is 350 g/mol. The van der Waals surface area contributed by atoms with Crippen molar-refractivity contribution in [3.8, 4) is 12.1 Å². The molecule has 3 atom stereocenters. The fourth-order valence-electron chi connectivity index (χ4n) is 4.03. The molecule has 2 fully saturated rings. The Balaban J connectivity index is 1.97. The fourth-order valence-corrected chi connectivity index (χ4v) is 4.45. The van der Waals surface area contributed by atoms with Crippen LogP contribution in [0.3, 0.4) is 0 Å². The van der Waals surface area contributed by atoms with Crippen molar-refractivity contribution in [1.29, 1.82) is 10.5 Å². The van der Waals surface area contributed by atoms with E-state index in [1.165, 1.54) is 0 Å². The van der Waals surface area contributed by atoms with Crippen LogP contribution in [0.15, 0.2) is 18.2 Å². The predicted octanol–water partition coefficient (Wildman–Crippen LogP) is 0.263. The van der Waals surface area contributed by atoms with Gasteiger partial charge in [-0.25, -0.2) is 4.99 Å². The lowest BCUT2D eigenvalue weighted by atomic mass is 9.94. The Hall–Kier alpha value is -1.83. The predicted molar refractivity (Wildman–Crippen MR) is 80.1 cm³/mol. The van der Waals surface area contributed by atoms with E-state index in [0.29, 0.717) is 28.8 Å². The Bertz CT molecular complexity index is 837. The molecule has 0 aromatic heterocycles. The van der Waals surface area contributed by atoms with Crippen LogP contribution in [0.25, 0.3) is 0 Å². The van der Waals surface area contributed by atoms with Gasteiger partial charge < -0.3 is 9.47 Å². The molecule has 23 heavy (non-hydrogen) atoms. The summed E-state index contributed by atoms with van der Waals surface area (Å²) in [6.07, 6.45) is 0. The maximum absolute atomic E-state index is 9.95. The summed E-state index contributed by atoms with van der Waals surface area (Å²) in [5.41, 5.74) is 4.09. The molecule has 1 aromatic rings. The van der Waals surface area contributed by atoms with Crippen molar-refractivity contribution in [1.82, 2.24) is 0 Å². The number of ether oxygens (including phenoxy) is 2. The summed E-state index contributed by atoms with van der Waals surface area (Å²) < 4.78 is 11.4. The lowest BCUT2D eigenvalue weighted by Crippen LogP contribution is -2.89. The van der Waals surface area contributed by atoms with E-state index in [2.05, 4.69) is 17.1 Å². The molecule has 8 heteroatoms. The molecule has 2 aliphatic heterocycles. The molecule has 1 aliphatic carbocycles. The van der Waals surface area contributed by atoms with Crippen LogP contribution in [0.4, 0.5) is 0 Å². The van der Waals surface area contributed by atoms with E-state index in [1.807, 2.05) is 0 Å². The third-order valence-electron chi connectivity index (χ3n) is 4.99. The van der Waals surface area contributed by atoms with Gasteiger partial charge in [-0.05, 0) is 11.6 Å². The number of hydrogen-bond donors (Lipinski definition) is 2. The summed E-state index contributed by atoms with van der Waals surface area (Å²) in [6, 6.07) is 9.53. The van der Waals surface area contributed by atoms with Gasteiger partial charge in [-0.3, -0.25) is 5.73 Å². The molecule has 0 bridgehead atoms. The van der Waals surface area contributed by atoms with E-state index in [4.69, 9.17) is 38.4 Å². The van der Waals surface area contributed by atoms with Crippen molar-refractivity contribution in [2.75, 3.05) is 13.2 Å². The highest BCUT2D eigenvalue weighted by Crippen LogP contribution is 2.79. The second kappa shape index (κ2) is 4.37. The van der Waals surface area contributed by atoms with E-state index < -0.39 is 22.7 Å². The zero-order chi connectivity index (χ0) is 16.5. The monoisotopic (exact) mass is 349 g/mol. The van der Waals surface area contributed by atoms with Crippen LogP contribution in [-0.4, -0.2) is 25.0 Å². The van der Waals surface area contributed by atoms with Crippen molar-refractivity contribution in [3.05, 3.63) is 33.8 Å². The fraction of sp³-hybridized carbons (Fsp3) is 0.400. The third-order valence-corrected chi connectivity index (χ3v) is 5.82. The van der Waals surface area contributed by atoms with Gasteiger partial charge in [0.25, 0.3) is 5.84 Å². The first-order valence-corrected chi connectivity index (χ1v) is 7.72. The third kappa shape index (κ3) is 1.35. The second-order valence-corrected chi connectivity index (χ2v) is 6.55. The van der Waals surface area contributed by atoms with E-state index >= 15 is 0 Å². The van der Waals surface area contributed by atoms with Crippen molar-refractivity contribution in [2.24, 2.45) is 16.6 Å². The number of fused-ring (bicyclic) bond motifs is 2. The molecular weight excluding hydrogens is 339 g/mol. The minimum atomic E-state index is -1.43. The summed E-state index contributed by atoms with van der Waals surface area (Å²) in [5.74, 6) is -1.86. The molecule has 2 heterocycles. The van der Waals surface area contributed by atoms with Crippen LogP contribution in [-0.2, 0) is 9.47 Å². The maximum atomic E-state index is 9.95. The van der Waals surface area contributed by atoms with Crippen LogP contribution in [0.2, 0.25) is 10.0 Å². The quantitative estimate of drug-likeness (QED) is 0.756. The van der Waals surface area contributed by atoms with Gasteiger partial charge in [-0.2, -0.15) is 10.5 Å². The summed E-state index contributed by atoms with van der Waals surface area (Å²) in [6.45, 7) is 0.614. The number of benzene rings is 1. The molecule has 1 spiro atoms. The minimum absolute atomic E-state index is 0.157. The first kappa shape index (κ1) is 14.7. The molecule has 1 aromatic carbocycles. The van der Waals surface area contributed by atoms with Gasteiger partial charge in [-0.15, -0.1) is 0 Å². The number of amidine groups is 1. The van der Waals surface area contributed by atoms with E-state index in [1.54, 1.807) is 18.2 Å². The highest BCUT2D eigenvalue weighted by molar-refractivity contribution is 6.42. The van der Waals surface area contributed by atoms with Gasteiger partial charge in [0.2, 0.25) is 0 Å². The van der Waals surface area contributed by atoms with Gasteiger partial charge >= 0.3 is 5.91 Å². The first-order chi connectivity index (χ1) is 11.0. The molecule has 0 radical (unpaired) electrons. The molecular formula is C15H11Cl2N4O2+. The number of hydrogen-bond acceptors (Lipinski definition) is 5. The molecule has 6 nitrogen and oxygen atoms in total. The lowest BCUT2D eigenvalue weighted by molar-refractivity contribution is -0.676. The number of rotatable bonds is 1. The van der Waals surface area contributed by atoms with Gasteiger partial charge in [0, 0.05) is 5.92 Å². The van der Waals surface area contributed by atoms with E-state index in [-0.39, 0.29) is 5.84 Å². The van der Waals surface area contributed by atoms with Crippen molar-refractivity contribution in [2.45, 2.75) is 11.8 Å². The van der Waals surface area contributed by atoms with Gasteiger partial charge in [0.05, 0.1) is 35.4 Å². The highest BCUT2D eigenvalue weighted by atomic mass is 35.5. The second-order valence-electron chi connectivity index (χ2n) is 5.77. The zero-order valence-corrected chi connectivity index (χ0v) is 13.3. The van der Waals surface area contributed by atoms with Crippen LogP contribution in [0.1, 0.15) is 11.5 Å². The smallest absolute Gasteiger partial charge is 0.311 e. The molecule has 0 amide bonds. The van der Waals surface area contributed by atoms with Crippen molar-refractivity contribution >= 4 is 29.0 Å². The van der Waals surface area contributed by atoms with Crippen LogP contribution < -0.4 is 10.7 Å². The van der Waals surface area contributed by atoms with Crippen LogP contribution >= 0.6 is 23.2 Å². The Kier molecular flexibility index (Phi) is 2.80. The lowest BCUT2D eigenvalue weighted by Gasteiger charge is -2.23. The molecule has 1 saturated carbocycles. The summed E-state index contributed by atoms with van der Waals surface area (Å²) in [7, 11) is 0. The molecule has 3 N–H and O–H groups in total. The number of nitrogens with zero attached hydrogens (tertiary/aromatic N) is 2. The van der Waals surface area contributed by atoms with Crippen LogP contribution in [0, 0.1) is 33.5 Å². The van der Waals surface area contributed by atoms with E-state index in [9.17, 15) is 10.5 Å². The summed E-state index contributed by atoms with van der Waals surface area (Å²) in [4.78, 5) is 2.87. The van der Waals surface area contributed by atoms with Crippen molar-refractivity contribution in [3.63, 3.8) is 0 Å². The Morgan fingerprint density at radius 1 is 1.22 bits per heavy atom. The van der Waals surface area contributed by atoms with Crippen molar-refractivity contribution < 1.29 is 14.5 Å². The number of nitriles is 2. The molecule has 4 rings (SSSR count). The standard InChI is InChI=1S/C15H10Cl2N4O2/c16-9-3-1-2-8(10(9)17)11-13(6-18)12(20)21-15(14(11,13)7-19)22-4-5-23-15/h1-3,11H,4-5H2,(H2,20,21)/p+1/t11-,13+,14+/m0/s1. The Morgan fingerprint density at radius 2 is 1.91 bits per heavy atom. The first-order valence-electron chi connectivity index (χ1n) is 6.96. The maximum Gasteiger partial charge on any atom is 0.343 e. The van der Waals surface area contributed by atoms with E-state index in [0.717, 1.165) is 0 Å². The average Bonchev–Trinajstić information content (AvgIpc) is 2.78. The SMILES string of the molecule is N#C[C@@]12C(N)=[NH+]C3(OCCO3)[C@]1(C#N)[C@H]2c1cccc(Cl)c1Cl. The summed E-state index contributed by atoms with van der Waals surface area (Å²) >= 11 is 12.4. The largest absolute Gasteiger partial charge is 0.343 e. The molecule has 0 unspecified atom stereocenters. The minimum Gasteiger partial charge on any atom is -0.311 e. The highest BCUT2D eigenvalue weighted by Gasteiger charge is 2.97. The zero-order valence-electron chi connectivity index (χ0n) is 11.8. The van der Waals surface area contributed by atoms with Crippen LogP contribution in [0.5, 0.6) is 0 Å². The molecule has 1 saturated heterocycles. The molecule has 116 valence electrons. The molecule has 3 aliphatic rings. The number of halogens is 2. The van der Waals surface area contributed by atoms with Gasteiger partial charge in [-0.1, -0.05) is 35.3 Å². The Labute approximate surface area is 142 Å². The topological polar surface area (TPSA) is 106 Å². The van der Waals surface area contributed by atoms with Gasteiger partial charge in [0.15, 0.2) is 10.8 Å². The normalized spacial score (nSPS) is 36.2. The summed E-state index contributed by atoms with van der Waals surface area (Å²) in [5, 5.41) is 20.4. The Morgan fingerprint density at radius 3 is 2.52 bits per heavy atom. The van der Waals surface area contributed by atoms with Gasteiger partial charge in [0.1, 0.15) is 0 Å².